The summed E-state index contributed by atoms with van der Waals surface area (Å²) in [6.45, 7) is 11.8. The Morgan fingerprint density at radius 3 is 1.87 bits per heavy atom. The third-order valence-corrected chi connectivity index (χ3v) is 4.19. The van der Waals surface area contributed by atoms with E-state index < -0.39 is 0 Å². The lowest BCUT2D eigenvalue weighted by Crippen LogP contribution is -2.09. The van der Waals surface area contributed by atoms with Gasteiger partial charge in [0.05, 0.1) is 0 Å². The van der Waals surface area contributed by atoms with Crippen LogP contribution in [-0.4, -0.2) is 0 Å². The van der Waals surface area contributed by atoms with Gasteiger partial charge in [-0.3, -0.25) is 0 Å². The van der Waals surface area contributed by atoms with Crippen molar-refractivity contribution in [3.05, 3.63) is 0 Å². The second-order valence-corrected chi connectivity index (χ2v) is 5.36. The van der Waals surface area contributed by atoms with Crippen LogP contribution in [0, 0.1) is 17.8 Å². The summed E-state index contributed by atoms with van der Waals surface area (Å²) in [6.07, 6.45) is 9.87. The standard InChI is InChI=1S/C15H32/c1-6-9-10-15(8-3)12-11-14(5)13(4)7-2/h13-15H,6-12H2,1-5H3. The smallest absolute Gasteiger partial charge is 0.0417 e. The molecule has 0 radical (unpaired) electrons. The first-order valence-corrected chi connectivity index (χ1v) is 7.15. The van der Waals surface area contributed by atoms with Crippen molar-refractivity contribution in [3.8, 4) is 0 Å². The van der Waals surface area contributed by atoms with E-state index in [0.717, 1.165) is 17.8 Å². The van der Waals surface area contributed by atoms with Gasteiger partial charge in [-0.25, -0.2) is 0 Å². The van der Waals surface area contributed by atoms with Gasteiger partial charge in [-0.15, -0.1) is 0 Å². The molecule has 0 aliphatic rings. The third-order valence-electron chi connectivity index (χ3n) is 4.19. The van der Waals surface area contributed by atoms with Crippen LogP contribution in [0.15, 0.2) is 0 Å². The van der Waals surface area contributed by atoms with Crippen LogP contribution in [0.2, 0.25) is 0 Å². The Balaban J connectivity index is 3.69. The zero-order chi connectivity index (χ0) is 11.7. The van der Waals surface area contributed by atoms with Crippen LogP contribution in [-0.2, 0) is 0 Å². The molecule has 0 nitrogen and oxygen atoms in total. The first kappa shape index (κ1) is 15.0. The fraction of sp³-hybridized carbons (Fsp3) is 1.00. The zero-order valence-corrected chi connectivity index (χ0v) is 11.7. The largest absolute Gasteiger partial charge is 0.0654 e. The molecule has 3 atom stereocenters. The number of unbranched alkanes of at least 4 members (excludes halogenated alkanes) is 1. The highest BCUT2D eigenvalue weighted by Gasteiger charge is 2.13. The lowest BCUT2D eigenvalue weighted by molar-refractivity contribution is 0.305. The molecule has 0 saturated carbocycles. The van der Waals surface area contributed by atoms with E-state index >= 15 is 0 Å². The van der Waals surface area contributed by atoms with Crippen LogP contribution in [0.3, 0.4) is 0 Å². The first-order valence-electron chi connectivity index (χ1n) is 7.15. The van der Waals surface area contributed by atoms with E-state index in [1.165, 1.54) is 44.9 Å². The van der Waals surface area contributed by atoms with Crippen LogP contribution in [0.4, 0.5) is 0 Å². The van der Waals surface area contributed by atoms with Crippen LogP contribution >= 0.6 is 0 Å². The van der Waals surface area contributed by atoms with E-state index in [1.807, 2.05) is 0 Å². The monoisotopic (exact) mass is 212 g/mol. The molecule has 0 N–H and O–H groups in total. The molecule has 0 bridgehead atoms. The van der Waals surface area contributed by atoms with Crippen molar-refractivity contribution in [1.82, 2.24) is 0 Å². The number of rotatable bonds is 9. The maximum Gasteiger partial charge on any atom is -0.0417 e. The van der Waals surface area contributed by atoms with Gasteiger partial charge in [0, 0.05) is 0 Å². The molecule has 3 unspecified atom stereocenters. The van der Waals surface area contributed by atoms with Crippen molar-refractivity contribution in [2.24, 2.45) is 17.8 Å². The summed E-state index contributed by atoms with van der Waals surface area (Å²) in [5.74, 6) is 2.83. The molecule has 0 heteroatoms. The molecular formula is C15H32. The average molecular weight is 212 g/mol. The average Bonchev–Trinajstić information content (AvgIpc) is 2.27. The molecule has 92 valence electrons. The fourth-order valence-corrected chi connectivity index (χ4v) is 2.23. The van der Waals surface area contributed by atoms with Gasteiger partial charge in [0.2, 0.25) is 0 Å². The molecule has 0 fully saturated rings. The highest BCUT2D eigenvalue weighted by atomic mass is 14.2. The van der Waals surface area contributed by atoms with Crippen molar-refractivity contribution < 1.29 is 0 Å². The summed E-state index contributed by atoms with van der Waals surface area (Å²) in [5.41, 5.74) is 0. The van der Waals surface area contributed by atoms with E-state index in [9.17, 15) is 0 Å². The SMILES string of the molecule is CCCCC(CC)CCC(C)C(C)CC. The normalized spacial score (nSPS) is 17.4. The fourth-order valence-electron chi connectivity index (χ4n) is 2.23. The minimum Gasteiger partial charge on any atom is -0.0654 e. The van der Waals surface area contributed by atoms with Crippen LogP contribution in [0.5, 0.6) is 0 Å². The van der Waals surface area contributed by atoms with Gasteiger partial charge in [0.1, 0.15) is 0 Å². The summed E-state index contributed by atoms with van der Waals surface area (Å²) in [6, 6.07) is 0. The highest BCUT2D eigenvalue weighted by molar-refractivity contribution is 4.64. The predicted octanol–water partition coefficient (Wildman–Crippen LogP) is 5.67. The predicted molar refractivity (Wildman–Crippen MR) is 71.2 cm³/mol. The van der Waals surface area contributed by atoms with Crippen molar-refractivity contribution in [1.29, 1.82) is 0 Å². The molecule has 0 aromatic heterocycles. The van der Waals surface area contributed by atoms with Gasteiger partial charge < -0.3 is 0 Å². The Labute approximate surface area is 97.8 Å². The maximum atomic E-state index is 2.43. The molecule has 0 saturated heterocycles. The summed E-state index contributed by atoms with van der Waals surface area (Å²) in [7, 11) is 0. The zero-order valence-electron chi connectivity index (χ0n) is 11.7. The minimum atomic E-state index is 0.911. The Hall–Kier alpha value is 0. The van der Waals surface area contributed by atoms with Crippen LogP contribution in [0.25, 0.3) is 0 Å². The molecule has 0 spiro atoms. The molecule has 0 aromatic rings. The van der Waals surface area contributed by atoms with Crippen molar-refractivity contribution in [2.45, 2.75) is 79.6 Å². The van der Waals surface area contributed by atoms with Crippen molar-refractivity contribution in [2.75, 3.05) is 0 Å². The lowest BCUT2D eigenvalue weighted by atomic mass is 9.85. The van der Waals surface area contributed by atoms with Crippen molar-refractivity contribution in [3.63, 3.8) is 0 Å². The van der Waals surface area contributed by atoms with Gasteiger partial charge in [0.25, 0.3) is 0 Å². The van der Waals surface area contributed by atoms with Gasteiger partial charge in [-0.1, -0.05) is 79.6 Å². The van der Waals surface area contributed by atoms with Crippen LogP contribution in [0.1, 0.15) is 79.6 Å². The quantitative estimate of drug-likeness (QED) is 0.462. The number of hydrogen-bond donors (Lipinski definition) is 0. The van der Waals surface area contributed by atoms with E-state index in [1.54, 1.807) is 0 Å². The van der Waals surface area contributed by atoms with E-state index in [4.69, 9.17) is 0 Å². The highest BCUT2D eigenvalue weighted by Crippen LogP contribution is 2.25. The summed E-state index contributed by atoms with van der Waals surface area (Å²) >= 11 is 0. The van der Waals surface area contributed by atoms with Gasteiger partial charge in [-0.05, 0) is 17.8 Å². The second-order valence-electron chi connectivity index (χ2n) is 5.36. The van der Waals surface area contributed by atoms with Gasteiger partial charge >= 0.3 is 0 Å². The van der Waals surface area contributed by atoms with Crippen LogP contribution < -0.4 is 0 Å². The first-order chi connectivity index (χ1) is 7.15. The summed E-state index contributed by atoms with van der Waals surface area (Å²) in [5, 5.41) is 0. The summed E-state index contributed by atoms with van der Waals surface area (Å²) < 4.78 is 0. The molecule has 0 aromatic carbocycles. The molecule has 0 aliphatic heterocycles. The Bertz CT molecular complexity index is 128. The Kier molecular flexibility index (Phi) is 9.24. The lowest BCUT2D eigenvalue weighted by Gasteiger charge is -2.21. The third kappa shape index (κ3) is 6.98. The van der Waals surface area contributed by atoms with E-state index in [0.29, 0.717) is 0 Å². The summed E-state index contributed by atoms with van der Waals surface area (Å²) in [4.78, 5) is 0. The van der Waals surface area contributed by atoms with Gasteiger partial charge in [-0.2, -0.15) is 0 Å². The maximum absolute atomic E-state index is 2.43. The molecular weight excluding hydrogens is 180 g/mol. The Morgan fingerprint density at radius 1 is 0.733 bits per heavy atom. The molecule has 0 amide bonds. The minimum absolute atomic E-state index is 0.911. The molecule has 0 heterocycles. The van der Waals surface area contributed by atoms with E-state index in [2.05, 4.69) is 34.6 Å². The molecule has 0 rings (SSSR count). The second kappa shape index (κ2) is 9.24. The van der Waals surface area contributed by atoms with Gasteiger partial charge in [0.15, 0.2) is 0 Å². The molecule has 15 heavy (non-hydrogen) atoms. The molecule has 0 aliphatic carbocycles. The van der Waals surface area contributed by atoms with Crippen molar-refractivity contribution >= 4 is 0 Å². The Morgan fingerprint density at radius 2 is 1.40 bits per heavy atom. The topological polar surface area (TPSA) is 0 Å². The number of hydrogen-bond acceptors (Lipinski definition) is 0. The van der Waals surface area contributed by atoms with E-state index in [-0.39, 0.29) is 0 Å².